The Balaban J connectivity index is 2.09. The molecular formula is C21H18ClN3. The van der Waals surface area contributed by atoms with Crippen molar-refractivity contribution in [2.24, 2.45) is 0 Å². The molecule has 1 aliphatic rings. The Morgan fingerprint density at radius 1 is 0.960 bits per heavy atom. The van der Waals surface area contributed by atoms with Gasteiger partial charge in [-0.3, -0.25) is 0 Å². The van der Waals surface area contributed by atoms with E-state index in [1.54, 1.807) is 0 Å². The second-order valence-electron chi connectivity index (χ2n) is 6.34. The normalized spacial score (nSPS) is 14.5. The second-order valence-corrected chi connectivity index (χ2v) is 6.75. The third-order valence-corrected chi connectivity index (χ3v) is 5.12. The molecule has 0 saturated carbocycles. The molecule has 2 aromatic carbocycles. The van der Waals surface area contributed by atoms with Gasteiger partial charge >= 0.3 is 0 Å². The first-order chi connectivity index (χ1) is 12.3. The molecule has 0 atom stereocenters. The van der Waals surface area contributed by atoms with Crippen LogP contribution in [0.4, 0.5) is 5.69 Å². The first kappa shape index (κ1) is 15.9. The number of benzene rings is 2. The predicted octanol–water partition coefficient (Wildman–Crippen LogP) is 5.42. The monoisotopic (exact) mass is 347 g/mol. The maximum Gasteiger partial charge on any atom is 0.165 e. The zero-order chi connectivity index (χ0) is 17.2. The van der Waals surface area contributed by atoms with Crippen molar-refractivity contribution in [1.29, 1.82) is 5.26 Å². The van der Waals surface area contributed by atoms with Crippen molar-refractivity contribution in [2.75, 3.05) is 18.0 Å². The van der Waals surface area contributed by atoms with Crippen LogP contribution in [-0.2, 0) is 0 Å². The summed E-state index contributed by atoms with van der Waals surface area (Å²) >= 11 is 6.54. The summed E-state index contributed by atoms with van der Waals surface area (Å²) in [5, 5.41) is 11.5. The maximum absolute atomic E-state index is 9.78. The first-order valence-corrected chi connectivity index (χ1v) is 9.00. The number of hydrogen-bond donors (Lipinski definition) is 0. The van der Waals surface area contributed by atoms with Crippen LogP contribution < -0.4 is 4.90 Å². The largest absolute Gasteiger partial charge is 0.369 e. The van der Waals surface area contributed by atoms with Crippen molar-refractivity contribution >= 4 is 28.2 Å². The zero-order valence-corrected chi connectivity index (χ0v) is 14.6. The molecule has 0 unspecified atom stereocenters. The van der Waals surface area contributed by atoms with Gasteiger partial charge in [0.2, 0.25) is 0 Å². The van der Waals surface area contributed by atoms with E-state index < -0.39 is 0 Å². The van der Waals surface area contributed by atoms with Gasteiger partial charge in [-0.1, -0.05) is 48.0 Å². The van der Waals surface area contributed by atoms with E-state index in [0.29, 0.717) is 10.7 Å². The van der Waals surface area contributed by atoms with Crippen LogP contribution in [0.3, 0.4) is 0 Å². The fraction of sp³-hybridized carbons (Fsp3) is 0.238. The van der Waals surface area contributed by atoms with E-state index in [1.165, 1.54) is 6.42 Å². The number of rotatable bonds is 2. The first-order valence-electron chi connectivity index (χ1n) is 8.62. The Labute approximate surface area is 152 Å². The van der Waals surface area contributed by atoms with E-state index in [-0.39, 0.29) is 0 Å². The number of fused-ring (bicyclic) bond motifs is 1. The molecule has 0 aliphatic carbocycles. The molecule has 3 nitrogen and oxygen atoms in total. The molecule has 2 heterocycles. The minimum Gasteiger partial charge on any atom is -0.369 e. The number of nitrogens with zero attached hydrogens (tertiary/aromatic N) is 3. The Kier molecular flexibility index (Phi) is 4.29. The molecule has 1 saturated heterocycles. The van der Waals surface area contributed by atoms with Gasteiger partial charge in [-0.2, -0.15) is 5.26 Å². The van der Waals surface area contributed by atoms with Crippen LogP contribution in [0.25, 0.3) is 22.0 Å². The van der Waals surface area contributed by atoms with E-state index in [1.807, 2.05) is 42.5 Å². The number of piperidine rings is 1. The summed E-state index contributed by atoms with van der Waals surface area (Å²) in [7, 11) is 0. The van der Waals surface area contributed by atoms with Crippen molar-refractivity contribution in [3.63, 3.8) is 0 Å². The number of para-hydroxylation sites is 1. The fourth-order valence-corrected chi connectivity index (χ4v) is 3.87. The molecule has 4 rings (SSSR count). The molecule has 0 radical (unpaired) electrons. The molecule has 1 fully saturated rings. The standard InChI is InChI=1S/C21H18ClN3/c22-17-10-4-2-8-15(17)20-16-9-3-5-11-18(16)24-19(14-23)21(20)25-12-6-1-7-13-25/h2-5,8-11H,1,6-7,12-13H2. The van der Waals surface area contributed by atoms with Crippen LogP contribution in [0, 0.1) is 11.3 Å². The van der Waals surface area contributed by atoms with Gasteiger partial charge in [0.05, 0.1) is 11.2 Å². The Bertz CT molecular complexity index is 969. The summed E-state index contributed by atoms with van der Waals surface area (Å²) < 4.78 is 0. The van der Waals surface area contributed by atoms with Crippen molar-refractivity contribution in [1.82, 2.24) is 4.98 Å². The minimum atomic E-state index is 0.482. The lowest BCUT2D eigenvalue weighted by Gasteiger charge is -2.31. The van der Waals surface area contributed by atoms with Crippen LogP contribution in [0.5, 0.6) is 0 Å². The molecule has 1 aromatic heterocycles. The van der Waals surface area contributed by atoms with Crippen LogP contribution in [0.1, 0.15) is 25.0 Å². The van der Waals surface area contributed by atoms with Gasteiger partial charge in [-0.05, 0) is 31.4 Å². The van der Waals surface area contributed by atoms with Gasteiger partial charge in [-0.15, -0.1) is 0 Å². The molecule has 25 heavy (non-hydrogen) atoms. The lowest BCUT2D eigenvalue weighted by molar-refractivity contribution is 0.577. The maximum atomic E-state index is 9.78. The van der Waals surface area contributed by atoms with Crippen LogP contribution in [0.15, 0.2) is 48.5 Å². The highest BCUT2D eigenvalue weighted by molar-refractivity contribution is 6.34. The molecule has 0 amide bonds. The SMILES string of the molecule is N#Cc1nc2ccccc2c(-c2ccccc2Cl)c1N1CCCCC1. The van der Waals surface area contributed by atoms with Crippen LogP contribution >= 0.6 is 11.6 Å². The smallest absolute Gasteiger partial charge is 0.165 e. The molecule has 124 valence electrons. The number of aromatic nitrogens is 1. The highest BCUT2D eigenvalue weighted by Gasteiger charge is 2.23. The van der Waals surface area contributed by atoms with E-state index in [4.69, 9.17) is 11.6 Å². The topological polar surface area (TPSA) is 39.9 Å². The number of halogens is 1. The Morgan fingerprint density at radius 2 is 1.68 bits per heavy atom. The molecule has 1 aliphatic heterocycles. The lowest BCUT2D eigenvalue weighted by Crippen LogP contribution is -2.31. The highest BCUT2D eigenvalue weighted by Crippen LogP contribution is 2.42. The van der Waals surface area contributed by atoms with Gasteiger partial charge < -0.3 is 4.90 Å². The van der Waals surface area contributed by atoms with E-state index in [2.05, 4.69) is 22.0 Å². The number of hydrogen-bond acceptors (Lipinski definition) is 3. The zero-order valence-electron chi connectivity index (χ0n) is 13.9. The van der Waals surface area contributed by atoms with Crippen molar-refractivity contribution in [3.8, 4) is 17.2 Å². The van der Waals surface area contributed by atoms with Gasteiger partial charge in [-0.25, -0.2) is 4.98 Å². The molecule has 0 spiro atoms. The highest BCUT2D eigenvalue weighted by atomic mass is 35.5. The molecule has 3 aromatic rings. The van der Waals surface area contributed by atoms with Crippen molar-refractivity contribution in [2.45, 2.75) is 19.3 Å². The fourth-order valence-electron chi connectivity index (χ4n) is 3.64. The number of pyridine rings is 1. The van der Waals surface area contributed by atoms with Gasteiger partial charge in [0.15, 0.2) is 5.69 Å². The summed E-state index contributed by atoms with van der Waals surface area (Å²) in [5.41, 5.74) is 4.22. The van der Waals surface area contributed by atoms with Crippen molar-refractivity contribution in [3.05, 3.63) is 59.2 Å². The quantitative estimate of drug-likeness (QED) is 0.621. The molecule has 0 bridgehead atoms. The second kappa shape index (κ2) is 6.74. The van der Waals surface area contributed by atoms with Crippen molar-refractivity contribution < 1.29 is 0 Å². The van der Waals surface area contributed by atoms with Gasteiger partial charge in [0.1, 0.15) is 6.07 Å². The van der Waals surface area contributed by atoms with Gasteiger partial charge in [0, 0.05) is 34.6 Å². The molecular weight excluding hydrogens is 330 g/mol. The number of nitriles is 1. The minimum absolute atomic E-state index is 0.482. The third-order valence-electron chi connectivity index (χ3n) is 4.79. The summed E-state index contributed by atoms with van der Waals surface area (Å²) in [5.74, 6) is 0. The summed E-state index contributed by atoms with van der Waals surface area (Å²) in [6.45, 7) is 1.90. The molecule has 4 heteroatoms. The third kappa shape index (κ3) is 2.83. The van der Waals surface area contributed by atoms with Crippen LogP contribution in [-0.4, -0.2) is 18.1 Å². The molecule has 0 N–H and O–H groups in total. The van der Waals surface area contributed by atoms with Gasteiger partial charge in [0.25, 0.3) is 0 Å². The summed E-state index contributed by atoms with van der Waals surface area (Å²) in [6.07, 6.45) is 3.51. The van der Waals surface area contributed by atoms with E-state index in [9.17, 15) is 5.26 Å². The Morgan fingerprint density at radius 3 is 2.44 bits per heavy atom. The van der Waals surface area contributed by atoms with Crippen LogP contribution in [0.2, 0.25) is 5.02 Å². The lowest BCUT2D eigenvalue weighted by atomic mass is 9.96. The number of anilines is 1. The average Bonchev–Trinajstić information content (AvgIpc) is 2.67. The average molecular weight is 348 g/mol. The Hall–Kier alpha value is -2.57. The summed E-state index contributed by atoms with van der Waals surface area (Å²) in [6, 6.07) is 18.1. The predicted molar refractivity (Wildman–Crippen MR) is 103 cm³/mol. The summed E-state index contributed by atoms with van der Waals surface area (Å²) in [4.78, 5) is 6.94. The van der Waals surface area contributed by atoms with E-state index >= 15 is 0 Å². The van der Waals surface area contributed by atoms with E-state index in [0.717, 1.165) is 53.6 Å².